The Kier molecular flexibility index (Phi) is 5.90. The normalized spacial score (nSPS) is 17.8. The van der Waals surface area contributed by atoms with E-state index in [0.717, 1.165) is 23.1 Å². The monoisotopic (exact) mass is 352 g/mol. The summed E-state index contributed by atoms with van der Waals surface area (Å²) in [5, 5.41) is 11.3. The predicted octanol–water partition coefficient (Wildman–Crippen LogP) is 2.34. The van der Waals surface area contributed by atoms with Crippen LogP contribution in [0.1, 0.15) is 31.7 Å². The highest BCUT2D eigenvalue weighted by Crippen LogP contribution is 2.35. The quantitative estimate of drug-likeness (QED) is 0.581. The molecule has 0 N–H and O–H groups in total. The fourth-order valence-corrected chi connectivity index (χ4v) is 3.58. The maximum atomic E-state index is 13.7. The number of carbonyl (C=O) groups excluding carboxylic acids is 2. The van der Waals surface area contributed by atoms with Gasteiger partial charge >= 0.3 is 0 Å². The second-order valence-corrected chi connectivity index (χ2v) is 6.73. The molecule has 0 radical (unpaired) electrons. The molecule has 1 aliphatic rings. The van der Waals surface area contributed by atoms with Crippen molar-refractivity contribution in [3.05, 3.63) is 40.6 Å². The van der Waals surface area contributed by atoms with E-state index in [1.54, 1.807) is 12.1 Å². The topological polar surface area (TPSA) is 60.4 Å². The lowest BCUT2D eigenvalue weighted by Crippen LogP contribution is -2.49. The Morgan fingerprint density at radius 3 is 2.78 bits per heavy atom. The number of carbonyl (C=O) groups is 2. The second-order valence-electron chi connectivity index (χ2n) is 5.05. The van der Waals surface area contributed by atoms with E-state index in [4.69, 9.17) is 12.2 Å². The Bertz CT molecular complexity index is 675. The molecule has 0 saturated carbocycles. The van der Waals surface area contributed by atoms with Crippen molar-refractivity contribution in [2.45, 2.75) is 32.2 Å². The molecule has 4 nitrogen and oxygen atoms in total. The first-order chi connectivity index (χ1) is 11.0. The number of amides is 1. The number of hydrogen-bond acceptors (Lipinski definition) is 5. The number of hydrogen-bond donors (Lipinski definition) is 0. The average Bonchev–Trinajstić information content (AvgIpc) is 2.77. The minimum atomic E-state index is -1.33. The van der Waals surface area contributed by atoms with Gasteiger partial charge in [-0.05, 0) is 18.6 Å². The molecular weight excluding hydrogens is 337 g/mol. The third-order valence-electron chi connectivity index (χ3n) is 3.43. The summed E-state index contributed by atoms with van der Waals surface area (Å²) in [4.78, 5) is 25.1. The molecule has 1 aromatic rings. The number of carboxylic acids is 1. The Balaban J connectivity index is 2.29. The molecule has 0 aliphatic carbocycles. The molecule has 122 valence electrons. The van der Waals surface area contributed by atoms with Gasteiger partial charge in [-0.3, -0.25) is 9.69 Å². The van der Waals surface area contributed by atoms with Gasteiger partial charge in [0.05, 0.1) is 16.9 Å². The zero-order valence-electron chi connectivity index (χ0n) is 12.5. The molecule has 2 rings (SSSR count). The second kappa shape index (κ2) is 7.70. The number of thiocarbonyl (C=S) groups is 1. The molecule has 1 amide bonds. The molecule has 23 heavy (non-hydrogen) atoms. The van der Waals surface area contributed by atoms with Crippen LogP contribution >= 0.6 is 24.0 Å². The fourth-order valence-electron chi connectivity index (χ4n) is 2.23. The molecule has 1 aromatic carbocycles. The smallest absolute Gasteiger partial charge is 0.266 e. The summed E-state index contributed by atoms with van der Waals surface area (Å²) < 4.78 is 13.9. The predicted molar refractivity (Wildman–Crippen MR) is 89.7 cm³/mol. The van der Waals surface area contributed by atoms with Crippen LogP contribution in [0.4, 0.5) is 4.39 Å². The van der Waals surface area contributed by atoms with Gasteiger partial charge in [0.25, 0.3) is 5.91 Å². The number of rotatable bonds is 6. The first-order valence-corrected chi connectivity index (χ1v) is 8.40. The third-order valence-corrected chi connectivity index (χ3v) is 4.76. The van der Waals surface area contributed by atoms with Gasteiger partial charge in [0.2, 0.25) is 0 Å². The van der Waals surface area contributed by atoms with Crippen LogP contribution in [0.3, 0.4) is 0 Å². The number of thioether (sulfide) groups is 1. The molecule has 0 unspecified atom stereocenters. The highest BCUT2D eigenvalue weighted by atomic mass is 32.2. The van der Waals surface area contributed by atoms with Crippen LogP contribution in [0.25, 0.3) is 6.08 Å². The number of aliphatic carboxylic acids is 1. The number of carboxylic acid groups (broad SMARTS) is 1. The third kappa shape index (κ3) is 3.97. The van der Waals surface area contributed by atoms with Gasteiger partial charge in [0.15, 0.2) is 0 Å². The molecule has 1 atom stereocenters. The van der Waals surface area contributed by atoms with E-state index < -0.39 is 23.7 Å². The summed E-state index contributed by atoms with van der Waals surface area (Å²) in [6, 6.07) is 4.94. The van der Waals surface area contributed by atoms with Crippen molar-refractivity contribution in [1.82, 2.24) is 4.90 Å². The molecule has 0 bridgehead atoms. The molecule has 0 aromatic heterocycles. The minimum absolute atomic E-state index is 0.155. The number of benzene rings is 1. The minimum Gasteiger partial charge on any atom is -0.548 e. The number of unbranched alkanes of at least 4 members (excludes halogenated alkanes) is 1. The van der Waals surface area contributed by atoms with Crippen molar-refractivity contribution in [2.24, 2.45) is 0 Å². The van der Waals surface area contributed by atoms with Crippen molar-refractivity contribution in [3.8, 4) is 0 Å². The van der Waals surface area contributed by atoms with Crippen LogP contribution in [0.5, 0.6) is 0 Å². The fraction of sp³-hybridized carbons (Fsp3) is 0.312. The highest BCUT2D eigenvalue weighted by molar-refractivity contribution is 8.26. The van der Waals surface area contributed by atoms with E-state index in [-0.39, 0.29) is 21.2 Å². The van der Waals surface area contributed by atoms with E-state index in [1.807, 2.05) is 6.92 Å². The lowest BCUT2D eigenvalue weighted by molar-refractivity contribution is -0.310. The molecule has 7 heteroatoms. The van der Waals surface area contributed by atoms with Gasteiger partial charge < -0.3 is 9.90 Å². The average molecular weight is 352 g/mol. The first-order valence-electron chi connectivity index (χ1n) is 7.18. The van der Waals surface area contributed by atoms with Gasteiger partial charge in [0.1, 0.15) is 10.1 Å². The summed E-state index contributed by atoms with van der Waals surface area (Å²) in [6.07, 6.45) is 3.10. The zero-order valence-corrected chi connectivity index (χ0v) is 14.1. The largest absolute Gasteiger partial charge is 0.548 e. The van der Waals surface area contributed by atoms with Crippen LogP contribution in [0.15, 0.2) is 29.2 Å². The van der Waals surface area contributed by atoms with Crippen LogP contribution < -0.4 is 5.11 Å². The van der Waals surface area contributed by atoms with E-state index >= 15 is 0 Å². The summed E-state index contributed by atoms with van der Waals surface area (Å²) in [7, 11) is 0. The maximum Gasteiger partial charge on any atom is 0.266 e. The Morgan fingerprint density at radius 1 is 1.48 bits per heavy atom. The van der Waals surface area contributed by atoms with Crippen molar-refractivity contribution in [2.75, 3.05) is 0 Å². The first kappa shape index (κ1) is 17.6. The lowest BCUT2D eigenvalue weighted by Gasteiger charge is -2.27. The molecular formula is C16H15FNO3S2-. The molecule has 0 spiro atoms. The van der Waals surface area contributed by atoms with Crippen LogP contribution in [0.2, 0.25) is 0 Å². The molecule has 1 fully saturated rings. The highest BCUT2D eigenvalue weighted by Gasteiger charge is 2.37. The van der Waals surface area contributed by atoms with E-state index in [2.05, 4.69) is 0 Å². The van der Waals surface area contributed by atoms with Crippen molar-refractivity contribution in [1.29, 1.82) is 0 Å². The summed E-state index contributed by atoms with van der Waals surface area (Å²) in [5.41, 5.74) is 0.256. The van der Waals surface area contributed by atoms with E-state index in [1.165, 1.54) is 18.2 Å². The van der Waals surface area contributed by atoms with Crippen LogP contribution in [-0.2, 0) is 9.59 Å². The van der Waals surface area contributed by atoms with Gasteiger partial charge in [-0.1, -0.05) is 61.9 Å². The van der Waals surface area contributed by atoms with Gasteiger partial charge in [-0.2, -0.15) is 0 Å². The zero-order chi connectivity index (χ0) is 17.0. The Labute approximate surface area is 143 Å². The van der Waals surface area contributed by atoms with Crippen molar-refractivity contribution >= 4 is 46.3 Å². The Morgan fingerprint density at radius 2 is 2.17 bits per heavy atom. The van der Waals surface area contributed by atoms with Crippen molar-refractivity contribution in [3.63, 3.8) is 0 Å². The molecule has 1 saturated heterocycles. The maximum absolute atomic E-state index is 13.7. The van der Waals surface area contributed by atoms with E-state index in [9.17, 15) is 19.1 Å². The lowest BCUT2D eigenvalue weighted by atomic mass is 10.1. The standard InChI is InChI=1S/C16H16FNO3S2/c1-2-3-8-12(15(20)21)18-14(19)13(23-16(18)22)9-10-6-4-5-7-11(10)17/h4-7,9,12H,2-3,8H2,1H3,(H,20,21)/p-1/b13-9-/t12-/m0/s1. The van der Waals surface area contributed by atoms with Gasteiger partial charge in [-0.15, -0.1) is 0 Å². The summed E-state index contributed by atoms with van der Waals surface area (Å²) >= 11 is 6.11. The van der Waals surface area contributed by atoms with Crippen molar-refractivity contribution < 1.29 is 19.1 Å². The number of nitrogens with zero attached hydrogens (tertiary/aromatic N) is 1. The Hall–Kier alpha value is -1.73. The summed E-state index contributed by atoms with van der Waals surface area (Å²) in [6.45, 7) is 1.93. The summed E-state index contributed by atoms with van der Waals surface area (Å²) in [5.74, 6) is -2.31. The molecule has 1 heterocycles. The van der Waals surface area contributed by atoms with Gasteiger partial charge in [0, 0.05) is 5.56 Å². The molecule has 1 aliphatic heterocycles. The van der Waals surface area contributed by atoms with Crippen LogP contribution in [-0.4, -0.2) is 27.1 Å². The van der Waals surface area contributed by atoms with Crippen LogP contribution in [0, 0.1) is 5.82 Å². The van der Waals surface area contributed by atoms with E-state index in [0.29, 0.717) is 6.42 Å². The number of halogens is 1. The van der Waals surface area contributed by atoms with Gasteiger partial charge in [-0.25, -0.2) is 4.39 Å². The SMILES string of the molecule is CCCC[C@@H](C(=O)[O-])N1C(=O)/C(=C/c2ccccc2F)SC1=S.